The number of ether oxygens (including phenoxy) is 2. The smallest absolute Gasteiger partial charge is 0.311 e. The molecule has 140 valence electrons. The molecule has 0 aliphatic carbocycles. The third kappa shape index (κ3) is 13.5. The molecule has 0 aromatic heterocycles. The molecular formula is C16H40O4Si3. The summed E-state index contributed by atoms with van der Waals surface area (Å²) in [6, 6.07) is 2.36. The van der Waals surface area contributed by atoms with E-state index in [-0.39, 0.29) is 0 Å². The fraction of sp³-hybridized carbons (Fsp3) is 1.00. The predicted molar refractivity (Wildman–Crippen MR) is 106 cm³/mol. The normalized spacial score (nSPS) is 13.6. The highest BCUT2D eigenvalue weighted by molar-refractivity contribution is 6.87. The third-order valence-corrected chi connectivity index (χ3v) is 15.1. The van der Waals surface area contributed by atoms with Crippen LogP contribution in [0.15, 0.2) is 0 Å². The van der Waals surface area contributed by atoms with Crippen molar-refractivity contribution in [3.05, 3.63) is 0 Å². The molecule has 0 fully saturated rings. The number of methoxy groups -OCH3 is 1. The first-order chi connectivity index (χ1) is 10.5. The fourth-order valence-corrected chi connectivity index (χ4v) is 17.1. The molecular weight excluding hydrogens is 340 g/mol. The zero-order valence-electron chi connectivity index (χ0n) is 16.8. The van der Waals surface area contributed by atoms with Gasteiger partial charge in [-0.3, -0.25) is 0 Å². The molecule has 23 heavy (non-hydrogen) atoms. The van der Waals surface area contributed by atoms with Crippen molar-refractivity contribution in [2.75, 3.05) is 26.9 Å². The number of unbranched alkanes of at least 4 members (excludes halogenated alkanes) is 1. The second-order valence-electron chi connectivity index (χ2n) is 7.94. The van der Waals surface area contributed by atoms with Gasteiger partial charge in [0, 0.05) is 13.7 Å². The minimum absolute atomic E-state index is 0.669. The predicted octanol–water partition coefficient (Wildman–Crippen LogP) is 4.98. The molecule has 0 saturated heterocycles. The summed E-state index contributed by atoms with van der Waals surface area (Å²) >= 11 is 0. The van der Waals surface area contributed by atoms with E-state index in [1.165, 1.54) is 18.9 Å². The fourth-order valence-electron chi connectivity index (χ4n) is 2.90. The maximum atomic E-state index is 6.58. The van der Waals surface area contributed by atoms with Gasteiger partial charge in [0.1, 0.15) is 0 Å². The molecule has 0 aliphatic rings. The Labute approximate surface area is 147 Å². The Kier molecular flexibility index (Phi) is 11.4. The summed E-state index contributed by atoms with van der Waals surface area (Å²) in [6.45, 7) is 18.1. The molecule has 0 amide bonds. The molecule has 0 radical (unpaired) electrons. The van der Waals surface area contributed by atoms with Crippen LogP contribution >= 0.6 is 0 Å². The lowest BCUT2D eigenvalue weighted by Crippen LogP contribution is -2.52. The lowest BCUT2D eigenvalue weighted by Gasteiger charge is -2.38. The first-order valence-corrected chi connectivity index (χ1v) is 18.1. The standard InChI is InChI=1S/C16H40O4Si3/c1-9-10-15-21(3,4)19-23(7,8)20-22(5,6)16-11-12-18-14-13-17-2/h9-16H2,1-8H3. The van der Waals surface area contributed by atoms with Crippen LogP contribution in [-0.2, 0) is 17.7 Å². The quantitative estimate of drug-likeness (QED) is 0.314. The van der Waals surface area contributed by atoms with Crippen molar-refractivity contribution in [1.29, 1.82) is 0 Å². The number of hydrogen-bond donors (Lipinski definition) is 0. The van der Waals surface area contributed by atoms with E-state index in [0.29, 0.717) is 13.2 Å². The van der Waals surface area contributed by atoms with E-state index in [4.69, 9.17) is 17.7 Å². The average Bonchev–Trinajstić information content (AvgIpc) is 2.37. The van der Waals surface area contributed by atoms with Crippen molar-refractivity contribution >= 4 is 25.2 Å². The Hall–Kier alpha value is 0.491. The van der Waals surface area contributed by atoms with Crippen molar-refractivity contribution < 1.29 is 17.7 Å². The van der Waals surface area contributed by atoms with Crippen molar-refractivity contribution in [3.8, 4) is 0 Å². The van der Waals surface area contributed by atoms with Gasteiger partial charge in [-0.1, -0.05) is 19.8 Å². The summed E-state index contributed by atoms with van der Waals surface area (Å²) in [5, 5.41) is 0. The Morgan fingerprint density at radius 1 is 0.696 bits per heavy atom. The largest absolute Gasteiger partial charge is 0.437 e. The molecule has 0 aliphatic heterocycles. The van der Waals surface area contributed by atoms with E-state index in [9.17, 15) is 0 Å². The first-order valence-electron chi connectivity index (χ1n) is 9.00. The van der Waals surface area contributed by atoms with Gasteiger partial charge >= 0.3 is 8.56 Å². The zero-order valence-corrected chi connectivity index (χ0v) is 19.8. The van der Waals surface area contributed by atoms with Crippen LogP contribution in [0.3, 0.4) is 0 Å². The highest BCUT2D eigenvalue weighted by Crippen LogP contribution is 2.26. The van der Waals surface area contributed by atoms with Crippen LogP contribution < -0.4 is 0 Å². The summed E-state index contributed by atoms with van der Waals surface area (Å²) in [6.07, 6.45) is 3.57. The SMILES string of the molecule is CCCC[Si](C)(C)O[Si](C)(C)O[Si](C)(C)CCCOCCOC. The molecule has 0 bridgehead atoms. The van der Waals surface area contributed by atoms with Crippen molar-refractivity contribution in [1.82, 2.24) is 0 Å². The Bertz CT molecular complexity index is 310. The maximum Gasteiger partial charge on any atom is 0.311 e. The summed E-state index contributed by atoms with van der Waals surface area (Å²) < 4.78 is 23.7. The number of hydrogen-bond acceptors (Lipinski definition) is 4. The molecule has 0 unspecified atom stereocenters. The third-order valence-electron chi connectivity index (χ3n) is 3.68. The van der Waals surface area contributed by atoms with Gasteiger partial charge in [0.25, 0.3) is 0 Å². The summed E-state index contributed by atoms with van der Waals surface area (Å²) in [5.74, 6) is 0. The van der Waals surface area contributed by atoms with Crippen LogP contribution in [0, 0.1) is 0 Å². The van der Waals surface area contributed by atoms with Gasteiger partial charge in [0.05, 0.1) is 13.2 Å². The van der Waals surface area contributed by atoms with Gasteiger partial charge in [-0.2, -0.15) is 0 Å². The Morgan fingerprint density at radius 3 is 1.70 bits per heavy atom. The van der Waals surface area contributed by atoms with Crippen LogP contribution in [0.1, 0.15) is 26.2 Å². The van der Waals surface area contributed by atoms with Crippen molar-refractivity contribution in [3.63, 3.8) is 0 Å². The molecule has 0 rings (SSSR count). The van der Waals surface area contributed by atoms with Crippen LogP contribution in [0.25, 0.3) is 0 Å². The Morgan fingerprint density at radius 2 is 1.22 bits per heavy atom. The Balaban J connectivity index is 4.22. The highest BCUT2D eigenvalue weighted by atomic mass is 28.5. The van der Waals surface area contributed by atoms with Gasteiger partial charge < -0.3 is 17.7 Å². The lowest BCUT2D eigenvalue weighted by atomic mass is 10.4. The van der Waals surface area contributed by atoms with E-state index in [2.05, 4.69) is 46.2 Å². The van der Waals surface area contributed by atoms with Gasteiger partial charge in [-0.15, -0.1) is 0 Å². The molecule has 4 nitrogen and oxygen atoms in total. The lowest BCUT2D eigenvalue weighted by molar-refractivity contribution is 0.0707. The minimum atomic E-state index is -2.04. The van der Waals surface area contributed by atoms with E-state index >= 15 is 0 Å². The molecule has 7 heteroatoms. The van der Waals surface area contributed by atoms with Gasteiger partial charge in [-0.05, 0) is 57.8 Å². The summed E-state index contributed by atoms with van der Waals surface area (Å²) in [4.78, 5) is 0. The van der Waals surface area contributed by atoms with Gasteiger partial charge in [-0.25, -0.2) is 0 Å². The van der Waals surface area contributed by atoms with Crippen LogP contribution in [0.2, 0.25) is 51.4 Å². The second-order valence-corrected chi connectivity index (χ2v) is 20.4. The molecule has 0 spiro atoms. The second kappa shape index (κ2) is 11.2. The van der Waals surface area contributed by atoms with Gasteiger partial charge in [0.2, 0.25) is 0 Å². The van der Waals surface area contributed by atoms with E-state index in [0.717, 1.165) is 19.1 Å². The van der Waals surface area contributed by atoms with Crippen molar-refractivity contribution in [2.45, 2.75) is 77.6 Å². The summed E-state index contributed by atoms with van der Waals surface area (Å²) in [5.41, 5.74) is 0. The van der Waals surface area contributed by atoms with Crippen LogP contribution in [0.4, 0.5) is 0 Å². The first kappa shape index (κ1) is 23.5. The molecule has 0 saturated carbocycles. The zero-order chi connectivity index (χ0) is 18.0. The molecule has 0 aromatic carbocycles. The maximum absolute atomic E-state index is 6.58. The topological polar surface area (TPSA) is 36.9 Å². The van der Waals surface area contributed by atoms with E-state index in [1.807, 2.05) is 0 Å². The van der Waals surface area contributed by atoms with Crippen LogP contribution in [0.5, 0.6) is 0 Å². The van der Waals surface area contributed by atoms with E-state index < -0.39 is 25.2 Å². The molecule has 0 heterocycles. The monoisotopic (exact) mass is 380 g/mol. The number of rotatable bonds is 14. The summed E-state index contributed by atoms with van der Waals surface area (Å²) in [7, 11) is -3.63. The van der Waals surface area contributed by atoms with Gasteiger partial charge in [0.15, 0.2) is 16.6 Å². The molecule has 0 atom stereocenters. The minimum Gasteiger partial charge on any atom is -0.437 e. The molecule has 0 N–H and O–H groups in total. The molecule has 0 aromatic rings. The van der Waals surface area contributed by atoms with Crippen molar-refractivity contribution in [2.24, 2.45) is 0 Å². The highest BCUT2D eigenvalue weighted by Gasteiger charge is 2.39. The average molecular weight is 381 g/mol. The van der Waals surface area contributed by atoms with Crippen LogP contribution in [-0.4, -0.2) is 52.1 Å². The van der Waals surface area contributed by atoms with E-state index in [1.54, 1.807) is 7.11 Å².